The number of morpholine rings is 1. The number of hydrogen-bond donors (Lipinski definition) is 0. The number of benzene rings is 3. The quantitative estimate of drug-likeness (QED) is 0.124. The normalized spacial score (nSPS) is 18.7. The summed E-state index contributed by atoms with van der Waals surface area (Å²) in [6.07, 6.45) is 6.90. The minimum Gasteiger partial charge on any atom is -0.493 e. The van der Waals surface area contributed by atoms with Gasteiger partial charge >= 0.3 is 5.97 Å². The van der Waals surface area contributed by atoms with E-state index in [0.29, 0.717) is 73.3 Å². The van der Waals surface area contributed by atoms with Crippen molar-refractivity contribution >= 4 is 11.9 Å². The Morgan fingerprint density at radius 2 is 1.46 bits per heavy atom. The first kappa shape index (κ1) is 41.9. The minimum absolute atomic E-state index is 0.0619. The zero-order valence-electron chi connectivity index (χ0n) is 34.3. The van der Waals surface area contributed by atoms with Crippen molar-refractivity contribution in [1.29, 1.82) is 0 Å². The number of rotatable bonds is 18. The number of ether oxygens (including phenoxy) is 8. The number of carbonyl (C=O) groups excluding carboxylic acids is 2. The average Bonchev–Trinajstić information content (AvgIpc) is 3.76. The lowest BCUT2D eigenvalue weighted by atomic mass is 9.76. The summed E-state index contributed by atoms with van der Waals surface area (Å²) < 4.78 is 46.2. The third-order valence-corrected chi connectivity index (χ3v) is 11.7. The second-order valence-corrected chi connectivity index (χ2v) is 15.1. The molecule has 3 fully saturated rings. The van der Waals surface area contributed by atoms with Gasteiger partial charge in [0.15, 0.2) is 23.0 Å². The van der Waals surface area contributed by atoms with Crippen molar-refractivity contribution in [1.82, 2.24) is 9.80 Å². The number of nitrogens with zero attached hydrogens (tertiary/aromatic N) is 2. The van der Waals surface area contributed by atoms with Gasteiger partial charge in [0.25, 0.3) is 0 Å². The molecule has 1 saturated carbocycles. The molecular formula is C45H60N2O10. The van der Waals surface area contributed by atoms with Crippen molar-refractivity contribution in [3.05, 3.63) is 71.3 Å². The molecule has 0 spiro atoms. The lowest BCUT2D eigenvalue weighted by Gasteiger charge is -2.35. The molecule has 0 bridgehead atoms. The fourth-order valence-corrected chi connectivity index (χ4v) is 8.59. The first-order chi connectivity index (χ1) is 27.9. The molecule has 2 saturated heterocycles. The van der Waals surface area contributed by atoms with Crippen LogP contribution in [0.15, 0.2) is 54.6 Å². The zero-order chi connectivity index (χ0) is 40.1. The van der Waals surface area contributed by atoms with E-state index < -0.39 is 24.0 Å². The molecule has 1 aliphatic carbocycles. The Bertz CT molecular complexity index is 1750. The number of amides is 1. The van der Waals surface area contributed by atoms with Crippen LogP contribution in [-0.2, 0) is 25.5 Å². The van der Waals surface area contributed by atoms with Crippen LogP contribution >= 0.6 is 0 Å². The molecule has 310 valence electrons. The number of carbonyl (C=O) groups is 2. The van der Waals surface area contributed by atoms with Gasteiger partial charge in [-0.1, -0.05) is 37.5 Å². The second kappa shape index (κ2) is 20.7. The molecule has 0 unspecified atom stereocenters. The van der Waals surface area contributed by atoms with Crippen LogP contribution in [0.1, 0.15) is 80.1 Å². The maximum Gasteiger partial charge on any atom is 0.329 e. The Morgan fingerprint density at radius 1 is 0.737 bits per heavy atom. The fourth-order valence-electron chi connectivity index (χ4n) is 8.59. The van der Waals surface area contributed by atoms with Crippen LogP contribution in [0.2, 0.25) is 0 Å². The van der Waals surface area contributed by atoms with Gasteiger partial charge in [-0.3, -0.25) is 9.69 Å². The predicted octanol–water partition coefficient (Wildman–Crippen LogP) is 7.01. The van der Waals surface area contributed by atoms with Crippen molar-refractivity contribution in [2.45, 2.75) is 75.9 Å². The van der Waals surface area contributed by atoms with Crippen LogP contribution in [0.25, 0.3) is 0 Å². The van der Waals surface area contributed by atoms with E-state index in [9.17, 15) is 9.59 Å². The van der Waals surface area contributed by atoms with Crippen molar-refractivity contribution in [2.75, 3.05) is 81.5 Å². The summed E-state index contributed by atoms with van der Waals surface area (Å²) in [5, 5.41) is 0. The van der Waals surface area contributed by atoms with E-state index in [4.69, 9.17) is 37.9 Å². The topological polar surface area (TPSA) is 114 Å². The summed E-state index contributed by atoms with van der Waals surface area (Å²) >= 11 is 0. The van der Waals surface area contributed by atoms with Crippen LogP contribution < -0.4 is 28.4 Å². The molecule has 6 rings (SSSR count). The van der Waals surface area contributed by atoms with Gasteiger partial charge in [0, 0.05) is 26.2 Å². The van der Waals surface area contributed by atoms with Gasteiger partial charge in [0.05, 0.1) is 54.7 Å². The Labute approximate surface area is 337 Å². The molecule has 3 aromatic rings. The Kier molecular flexibility index (Phi) is 15.2. The Morgan fingerprint density at radius 3 is 2.14 bits per heavy atom. The summed E-state index contributed by atoms with van der Waals surface area (Å²) in [5.41, 5.74) is 2.66. The first-order valence-corrected chi connectivity index (χ1v) is 20.4. The molecule has 12 heteroatoms. The maximum atomic E-state index is 14.9. The number of hydrogen-bond acceptors (Lipinski definition) is 11. The van der Waals surface area contributed by atoms with E-state index in [-0.39, 0.29) is 11.8 Å². The zero-order valence-corrected chi connectivity index (χ0v) is 34.3. The molecule has 3 aliphatic rings. The third kappa shape index (κ3) is 10.4. The summed E-state index contributed by atoms with van der Waals surface area (Å²) in [4.78, 5) is 33.4. The van der Waals surface area contributed by atoms with E-state index in [0.717, 1.165) is 81.6 Å². The van der Waals surface area contributed by atoms with Crippen molar-refractivity contribution in [3.63, 3.8) is 0 Å². The van der Waals surface area contributed by atoms with Crippen LogP contribution in [0.5, 0.6) is 34.5 Å². The van der Waals surface area contributed by atoms with Crippen molar-refractivity contribution in [3.8, 4) is 34.5 Å². The van der Waals surface area contributed by atoms with Gasteiger partial charge in [-0.2, -0.15) is 0 Å². The third-order valence-electron chi connectivity index (χ3n) is 11.7. The highest BCUT2D eigenvalue weighted by Crippen LogP contribution is 2.45. The van der Waals surface area contributed by atoms with Crippen molar-refractivity contribution in [2.24, 2.45) is 5.92 Å². The molecule has 3 atom stereocenters. The molecule has 0 radical (unpaired) electrons. The summed E-state index contributed by atoms with van der Waals surface area (Å²) in [6.45, 7) is 5.07. The minimum atomic E-state index is -0.706. The van der Waals surface area contributed by atoms with E-state index in [1.165, 1.54) is 0 Å². The summed E-state index contributed by atoms with van der Waals surface area (Å²) in [5.74, 6) is 2.67. The molecule has 12 nitrogen and oxygen atoms in total. The van der Waals surface area contributed by atoms with E-state index in [1.807, 2.05) is 54.6 Å². The van der Waals surface area contributed by atoms with Crippen LogP contribution in [0, 0.1) is 5.92 Å². The molecular weight excluding hydrogens is 728 g/mol. The maximum absolute atomic E-state index is 14.9. The van der Waals surface area contributed by atoms with E-state index in [2.05, 4.69) is 4.90 Å². The predicted molar refractivity (Wildman–Crippen MR) is 216 cm³/mol. The molecule has 0 N–H and O–H groups in total. The SMILES string of the molecule is COc1ccc(CC[C@@H](OC(=O)[C@@H]2CCCN2C(=O)[C@H](c2cc(OC)c(OC)c(OC)c2)C2CCCCC2)c2cccc(OCCN3CCOCC3)c2)cc1OC. The monoisotopic (exact) mass is 788 g/mol. The Balaban J connectivity index is 1.24. The van der Waals surface area contributed by atoms with Gasteiger partial charge in [-0.25, -0.2) is 4.79 Å². The number of likely N-dealkylation sites (tertiary alicyclic amines) is 1. The van der Waals surface area contributed by atoms with Crippen LogP contribution in [0.3, 0.4) is 0 Å². The molecule has 1 amide bonds. The molecule has 57 heavy (non-hydrogen) atoms. The lowest BCUT2D eigenvalue weighted by molar-refractivity contribution is -0.159. The summed E-state index contributed by atoms with van der Waals surface area (Å²) in [7, 11) is 7.97. The first-order valence-electron chi connectivity index (χ1n) is 20.4. The van der Waals surface area contributed by atoms with Crippen LogP contribution in [-0.4, -0.2) is 109 Å². The van der Waals surface area contributed by atoms with Gasteiger partial charge in [-0.15, -0.1) is 0 Å². The smallest absolute Gasteiger partial charge is 0.329 e. The number of esters is 1. The molecule has 2 aliphatic heterocycles. The Hall–Kier alpha value is -4.68. The van der Waals surface area contributed by atoms with Crippen LogP contribution in [0.4, 0.5) is 0 Å². The van der Waals surface area contributed by atoms with E-state index in [1.54, 1.807) is 40.4 Å². The lowest BCUT2D eigenvalue weighted by Crippen LogP contribution is -2.45. The van der Waals surface area contributed by atoms with Gasteiger partial charge in [0.1, 0.15) is 24.5 Å². The number of methoxy groups -OCH3 is 5. The number of aryl methyl sites for hydroxylation is 1. The van der Waals surface area contributed by atoms with Crippen molar-refractivity contribution < 1.29 is 47.5 Å². The van der Waals surface area contributed by atoms with E-state index >= 15 is 0 Å². The molecule has 0 aromatic heterocycles. The standard InChI is InChI=1S/C45H60N2O10/c1-50-38-19-17-31(27-39(38)51-2)16-18-37(33-13-9-14-35(28-33)56-26-23-46-21-24-55-25-22-46)57-45(49)36-15-10-20-47(36)44(48)42(32-11-7-6-8-12-32)34-29-40(52-3)43(54-5)41(30-34)53-4/h9,13-14,17,19,27-30,32,36-37,42H,6-8,10-12,15-16,18,20-26H2,1-5H3/t36-,37+,42-/m0/s1. The highest BCUT2D eigenvalue weighted by Gasteiger charge is 2.42. The highest BCUT2D eigenvalue weighted by molar-refractivity contribution is 5.90. The fraction of sp³-hybridized carbons (Fsp3) is 0.556. The van der Waals surface area contributed by atoms with Gasteiger partial charge < -0.3 is 42.8 Å². The molecule has 2 heterocycles. The highest BCUT2D eigenvalue weighted by atomic mass is 16.5. The summed E-state index contributed by atoms with van der Waals surface area (Å²) in [6, 6.07) is 16.7. The largest absolute Gasteiger partial charge is 0.493 e. The second-order valence-electron chi connectivity index (χ2n) is 15.1. The molecule has 3 aromatic carbocycles. The average molecular weight is 789 g/mol. The van der Waals surface area contributed by atoms with Gasteiger partial charge in [-0.05, 0) is 97.5 Å². The van der Waals surface area contributed by atoms with Gasteiger partial charge in [0.2, 0.25) is 11.7 Å².